The first-order valence-corrected chi connectivity index (χ1v) is 19.0. The van der Waals surface area contributed by atoms with Crippen molar-refractivity contribution in [2.45, 2.75) is 111 Å². The summed E-state index contributed by atoms with van der Waals surface area (Å²) in [7, 11) is 0. The van der Waals surface area contributed by atoms with E-state index in [1.165, 1.54) is 0 Å². The molecule has 0 bridgehead atoms. The van der Waals surface area contributed by atoms with Crippen molar-refractivity contribution in [1.29, 1.82) is 0 Å². The molecule has 0 aliphatic carbocycles. The molecule has 42 nitrogen and oxygen atoms in total. The van der Waals surface area contributed by atoms with Crippen molar-refractivity contribution in [1.82, 2.24) is 0 Å². The summed E-state index contributed by atoms with van der Waals surface area (Å²) in [5.74, 6) is -30.1. The molecule has 0 aromatic heterocycles. The summed E-state index contributed by atoms with van der Waals surface area (Å²) in [6, 6.07) is 0. The van der Waals surface area contributed by atoms with Crippen LogP contribution in [0.4, 0.5) is 0 Å². The van der Waals surface area contributed by atoms with Crippen LogP contribution in [0, 0.1) is 0 Å². The van der Waals surface area contributed by atoms with Gasteiger partial charge in [-0.25, -0.2) is 28.8 Å². The van der Waals surface area contributed by atoms with Crippen LogP contribution >= 0.6 is 0 Å². The van der Waals surface area contributed by atoms with Gasteiger partial charge < -0.3 is 123 Å². The second-order valence-corrected chi connectivity index (χ2v) is 14.9. The van der Waals surface area contributed by atoms with Crippen LogP contribution in [-0.4, -0.2) is 382 Å². The van der Waals surface area contributed by atoms with E-state index < -0.39 is 218 Å². The predicted molar refractivity (Wildman–Crippen MR) is 251 cm³/mol. The first-order valence-electron chi connectivity index (χ1n) is 19.0. The molecule has 0 rings (SSSR count). The molecule has 0 amide bonds. The van der Waals surface area contributed by atoms with E-state index >= 15 is 0 Å². The molecule has 24 N–H and O–H groups in total. The zero-order chi connectivity index (χ0) is 63.9. The maximum absolute atomic E-state index is 10.3. The number of carbonyl (C=O) groups is 18. The number of hydrogen-bond donors (Lipinski definition) is 24. The van der Waals surface area contributed by atoms with Gasteiger partial charge in [0.1, 0.15) is 0 Å². The van der Waals surface area contributed by atoms with Crippen LogP contribution in [-0.2, 0) is 86.3 Å². The van der Waals surface area contributed by atoms with Crippen molar-refractivity contribution in [2.24, 2.45) is 0 Å². The molecule has 0 heterocycles. The Labute approximate surface area is 540 Å². The number of aliphatic hydroxyl groups is 6. The third-order valence-electron chi connectivity index (χ3n) is 7.71. The Hall–Kier alpha value is -5.78. The summed E-state index contributed by atoms with van der Waals surface area (Å²) in [6.07, 6.45) is -13.7. The van der Waals surface area contributed by atoms with Gasteiger partial charge in [0.15, 0.2) is 33.6 Å². The first-order chi connectivity index (χ1) is 34.7. The van der Waals surface area contributed by atoms with E-state index in [1.807, 2.05) is 0 Å². The molecule has 452 valence electrons. The number of carboxylic acid groups (broad SMARTS) is 18. The van der Waals surface area contributed by atoms with Crippen molar-refractivity contribution >= 4 is 226 Å². The van der Waals surface area contributed by atoms with E-state index in [0.717, 1.165) is 0 Å². The first kappa shape index (κ1) is 98.3. The van der Waals surface area contributed by atoms with Crippen LogP contribution in [0.1, 0.15) is 77.0 Å². The van der Waals surface area contributed by atoms with Crippen molar-refractivity contribution < 1.29 is 209 Å². The minimum atomic E-state index is -2.74. The molecule has 82 heavy (non-hydrogen) atoms. The Kier molecular flexibility index (Phi) is 53.7. The van der Waals surface area contributed by atoms with Crippen LogP contribution in [0.25, 0.3) is 0 Å². The predicted octanol–water partition coefficient (Wildman–Crippen LogP) is -10.1. The number of aliphatic carboxylic acids is 18. The molecule has 0 saturated carbocycles. The summed E-state index contributed by atoms with van der Waals surface area (Å²) in [4.78, 5) is 183. The van der Waals surface area contributed by atoms with Crippen LogP contribution in [0.2, 0.25) is 0 Å². The van der Waals surface area contributed by atoms with Gasteiger partial charge in [-0.1, -0.05) is 0 Å². The maximum atomic E-state index is 10.3. The van der Waals surface area contributed by atoms with Gasteiger partial charge in [0.05, 0.1) is 77.0 Å². The van der Waals surface area contributed by atoms with E-state index in [4.69, 9.17) is 123 Å². The number of carboxylic acids is 18. The fraction of sp³-hybridized carbons (Fsp3) is 0.500. The number of rotatable bonds is 30. The SMILES string of the molecule is O=C(O)CC(O)(CC(=O)O)C(=O)O.O=C(O)CC(O)(CC(=O)O)C(=O)O.O=C(O)CC(O)(CC(=O)O)C(=O)O.O=C(O)CC(O)(CC(=O)O)C(=O)O.O=C(O)CC(O)(CC(=O)O)C(=O)O.O=C(O)CC(O)(CC(=O)O)C(=O)O.[NaH].[NaH].[NaH].[NaH]. The molecule has 0 aliphatic rings. The Bertz CT molecular complexity index is 1790. The van der Waals surface area contributed by atoms with Crippen LogP contribution < -0.4 is 0 Å². The van der Waals surface area contributed by atoms with Gasteiger partial charge in [-0.05, 0) is 0 Å². The second kappa shape index (κ2) is 44.8. The summed E-state index contributed by atoms with van der Waals surface area (Å²) in [6.45, 7) is 0. The molecule has 0 saturated heterocycles. The van der Waals surface area contributed by atoms with Crippen LogP contribution in [0.15, 0.2) is 0 Å². The van der Waals surface area contributed by atoms with E-state index in [0.29, 0.717) is 0 Å². The van der Waals surface area contributed by atoms with E-state index in [2.05, 4.69) is 0 Å². The molecular formula is C36H52Na4O42. The molecular weight excluding hydrogens is 1200 g/mol. The molecule has 0 aromatic carbocycles. The topological polar surface area (TPSA) is 793 Å². The van der Waals surface area contributed by atoms with Gasteiger partial charge in [0.25, 0.3) is 0 Å². The fourth-order valence-corrected chi connectivity index (χ4v) is 4.28. The molecule has 0 fully saturated rings. The van der Waals surface area contributed by atoms with Crippen molar-refractivity contribution in [3.05, 3.63) is 0 Å². The summed E-state index contributed by atoms with van der Waals surface area (Å²) < 4.78 is 0. The third kappa shape index (κ3) is 48.9. The van der Waals surface area contributed by atoms with Crippen molar-refractivity contribution in [2.75, 3.05) is 0 Å². The van der Waals surface area contributed by atoms with E-state index in [1.54, 1.807) is 0 Å². The zero-order valence-corrected chi connectivity index (χ0v) is 38.6. The van der Waals surface area contributed by atoms with E-state index in [-0.39, 0.29) is 118 Å². The quantitative estimate of drug-likeness (QED) is 0.0297. The Morgan fingerprint density at radius 2 is 0.207 bits per heavy atom. The van der Waals surface area contributed by atoms with Gasteiger partial charge in [-0.3, -0.25) is 57.5 Å². The molecule has 0 atom stereocenters. The van der Waals surface area contributed by atoms with Crippen molar-refractivity contribution in [3.63, 3.8) is 0 Å². The molecule has 0 aliphatic heterocycles. The fourth-order valence-electron chi connectivity index (χ4n) is 4.28. The zero-order valence-electron chi connectivity index (χ0n) is 38.6. The van der Waals surface area contributed by atoms with E-state index in [9.17, 15) is 86.3 Å². The monoisotopic (exact) mass is 1250 g/mol. The second-order valence-electron chi connectivity index (χ2n) is 14.9. The average molecular weight is 1250 g/mol. The summed E-state index contributed by atoms with van der Waals surface area (Å²) in [5.41, 5.74) is -16.4. The average Bonchev–Trinajstić information content (AvgIpc) is 3.15. The van der Waals surface area contributed by atoms with Gasteiger partial charge in [-0.2, -0.15) is 0 Å². The normalized spacial score (nSPS) is 10.3. The van der Waals surface area contributed by atoms with Gasteiger partial charge in [0, 0.05) is 0 Å². The summed E-state index contributed by atoms with van der Waals surface area (Å²) in [5, 5.41) is 203. The summed E-state index contributed by atoms with van der Waals surface area (Å²) >= 11 is 0. The van der Waals surface area contributed by atoms with Gasteiger partial charge in [-0.15, -0.1) is 0 Å². The van der Waals surface area contributed by atoms with Crippen LogP contribution in [0.5, 0.6) is 0 Å². The standard InChI is InChI=1S/6C6H8O7.4Na.4H/c6*7-3(8)1-6(13,5(11)12)2-4(9)10;;;;;;;;/h6*13H,1-2H2,(H,7,8)(H,9,10)(H,11,12);;;;;;;;. The molecule has 0 aromatic rings. The van der Waals surface area contributed by atoms with Crippen LogP contribution in [0.3, 0.4) is 0 Å². The Morgan fingerprint density at radius 3 is 0.232 bits per heavy atom. The molecule has 0 unspecified atom stereocenters. The van der Waals surface area contributed by atoms with Gasteiger partial charge >= 0.3 is 226 Å². The molecule has 0 spiro atoms. The molecule has 0 radical (unpaired) electrons. The minimum absolute atomic E-state index is 0. The molecule has 46 heteroatoms. The number of hydrogen-bond acceptors (Lipinski definition) is 24. The Balaban J connectivity index is -0.0000000939. The third-order valence-corrected chi connectivity index (χ3v) is 7.71. The van der Waals surface area contributed by atoms with Gasteiger partial charge in [0.2, 0.25) is 0 Å². The Morgan fingerprint density at radius 1 is 0.159 bits per heavy atom. The van der Waals surface area contributed by atoms with Crippen molar-refractivity contribution in [3.8, 4) is 0 Å².